The number of hydrogen-bond acceptors (Lipinski definition) is 2. The van der Waals surface area contributed by atoms with E-state index in [1.54, 1.807) is 6.07 Å². The van der Waals surface area contributed by atoms with Crippen molar-refractivity contribution in [3.05, 3.63) is 29.6 Å². The van der Waals surface area contributed by atoms with Crippen LogP contribution in [0, 0.1) is 5.82 Å². The van der Waals surface area contributed by atoms with Crippen molar-refractivity contribution in [2.45, 2.75) is 32.7 Å². The number of benzene rings is 1. The molecule has 1 unspecified atom stereocenters. The Morgan fingerprint density at radius 1 is 1.56 bits per heavy atom. The number of nitrogens with two attached hydrogens (primary N) is 1. The molecule has 0 aliphatic heterocycles. The number of rotatable bonds is 4. The molecule has 3 N–H and O–H groups in total. The van der Waals surface area contributed by atoms with Crippen molar-refractivity contribution in [3.8, 4) is 0 Å². The largest absolute Gasteiger partial charge is 0.328 e. The fourth-order valence-corrected chi connectivity index (χ4v) is 1.46. The van der Waals surface area contributed by atoms with E-state index in [4.69, 9.17) is 5.73 Å². The molecule has 0 saturated carbocycles. The number of anilines is 1. The van der Waals surface area contributed by atoms with Gasteiger partial charge in [0, 0.05) is 18.7 Å². The Morgan fingerprint density at radius 3 is 2.81 bits per heavy atom. The molecular formula is C12H17FN2O. The molecule has 1 rings (SSSR count). The average molecular weight is 224 g/mol. The molecule has 0 heterocycles. The Balaban J connectivity index is 2.85. The molecule has 0 aliphatic rings. The first kappa shape index (κ1) is 12.6. The SMILES string of the molecule is CC(=O)Nc1ccc(F)cc1CCC(C)N. The van der Waals surface area contributed by atoms with Crippen LogP contribution in [0.4, 0.5) is 10.1 Å². The van der Waals surface area contributed by atoms with Gasteiger partial charge in [-0.1, -0.05) is 0 Å². The lowest BCUT2D eigenvalue weighted by atomic mass is 10.0. The van der Waals surface area contributed by atoms with Crippen LogP contribution in [0.15, 0.2) is 18.2 Å². The molecule has 0 radical (unpaired) electrons. The summed E-state index contributed by atoms with van der Waals surface area (Å²) in [6.45, 7) is 3.33. The van der Waals surface area contributed by atoms with E-state index in [1.165, 1.54) is 19.1 Å². The van der Waals surface area contributed by atoms with Crippen LogP contribution in [-0.2, 0) is 11.2 Å². The van der Waals surface area contributed by atoms with Gasteiger partial charge in [0.05, 0.1) is 0 Å². The van der Waals surface area contributed by atoms with Gasteiger partial charge >= 0.3 is 0 Å². The second-order valence-electron chi connectivity index (χ2n) is 4.00. The number of carbonyl (C=O) groups is 1. The predicted molar refractivity (Wildman–Crippen MR) is 62.7 cm³/mol. The monoisotopic (exact) mass is 224 g/mol. The number of hydrogen-bond donors (Lipinski definition) is 2. The van der Waals surface area contributed by atoms with Gasteiger partial charge in [-0.05, 0) is 43.5 Å². The quantitative estimate of drug-likeness (QED) is 0.822. The summed E-state index contributed by atoms with van der Waals surface area (Å²) in [7, 11) is 0. The summed E-state index contributed by atoms with van der Waals surface area (Å²) >= 11 is 0. The molecule has 0 aliphatic carbocycles. The summed E-state index contributed by atoms with van der Waals surface area (Å²) in [6.07, 6.45) is 1.42. The highest BCUT2D eigenvalue weighted by Crippen LogP contribution is 2.19. The van der Waals surface area contributed by atoms with Crippen molar-refractivity contribution in [2.24, 2.45) is 5.73 Å². The van der Waals surface area contributed by atoms with E-state index in [-0.39, 0.29) is 17.8 Å². The highest BCUT2D eigenvalue weighted by Gasteiger charge is 2.06. The van der Waals surface area contributed by atoms with Crippen molar-refractivity contribution in [1.29, 1.82) is 0 Å². The van der Waals surface area contributed by atoms with Crippen LogP contribution in [-0.4, -0.2) is 11.9 Å². The number of halogens is 1. The van der Waals surface area contributed by atoms with Crippen LogP contribution >= 0.6 is 0 Å². The van der Waals surface area contributed by atoms with E-state index in [9.17, 15) is 9.18 Å². The lowest BCUT2D eigenvalue weighted by Crippen LogP contribution is -2.16. The smallest absolute Gasteiger partial charge is 0.221 e. The van der Waals surface area contributed by atoms with Gasteiger partial charge < -0.3 is 11.1 Å². The summed E-state index contributed by atoms with van der Waals surface area (Å²) in [5.74, 6) is -0.456. The Hall–Kier alpha value is -1.42. The number of nitrogens with one attached hydrogen (secondary N) is 1. The van der Waals surface area contributed by atoms with E-state index in [0.29, 0.717) is 12.1 Å². The average Bonchev–Trinajstić information content (AvgIpc) is 2.17. The summed E-state index contributed by atoms with van der Waals surface area (Å²) in [5, 5.41) is 2.68. The maximum absolute atomic E-state index is 13.1. The van der Waals surface area contributed by atoms with Gasteiger partial charge in [-0.25, -0.2) is 4.39 Å². The molecule has 3 nitrogen and oxygen atoms in total. The zero-order valence-corrected chi connectivity index (χ0v) is 9.59. The minimum Gasteiger partial charge on any atom is -0.328 e. The summed E-state index contributed by atoms with van der Waals surface area (Å²) in [4.78, 5) is 11.0. The highest BCUT2D eigenvalue weighted by molar-refractivity contribution is 5.89. The van der Waals surface area contributed by atoms with Gasteiger partial charge in [0.15, 0.2) is 0 Å². The third-order valence-corrected chi connectivity index (χ3v) is 2.25. The standard InChI is InChI=1S/C12H17FN2O/c1-8(14)3-4-10-7-11(13)5-6-12(10)15-9(2)16/h5-8H,3-4,14H2,1-2H3,(H,15,16). The zero-order chi connectivity index (χ0) is 12.1. The van der Waals surface area contributed by atoms with Crippen molar-refractivity contribution >= 4 is 11.6 Å². The molecule has 0 fully saturated rings. The number of carbonyl (C=O) groups excluding carboxylic acids is 1. The molecule has 0 spiro atoms. The van der Waals surface area contributed by atoms with Gasteiger partial charge in [0.1, 0.15) is 5.82 Å². The summed E-state index contributed by atoms with van der Waals surface area (Å²) in [5.41, 5.74) is 7.09. The molecule has 1 amide bonds. The lowest BCUT2D eigenvalue weighted by molar-refractivity contribution is -0.114. The molecule has 0 bridgehead atoms. The molecule has 0 aromatic heterocycles. The second kappa shape index (κ2) is 5.61. The molecule has 1 atom stereocenters. The predicted octanol–water partition coefficient (Wildman–Crippen LogP) is 2.06. The van der Waals surface area contributed by atoms with Gasteiger partial charge in [-0.15, -0.1) is 0 Å². The molecule has 16 heavy (non-hydrogen) atoms. The van der Waals surface area contributed by atoms with E-state index in [2.05, 4.69) is 5.32 Å². The van der Waals surface area contributed by atoms with Gasteiger partial charge in [0.25, 0.3) is 0 Å². The molecule has 0 saturated heterocycles. The van der Waals surface area contributed by atoms with Crippen molar-refractivity contribution in [2.75, 3.05) is 5.32 Å². The third-order valence-electron chi connectivity index (χ3n) is 2.25. The van der Waals surface area contributed by atoms with Crippen LogP contribution in [0.25, 0.3) is 0 Å². The molecular weight excluding hydrogens is 207 g/mol. The first-order valence-corrected chi connectivity index (χ1v) is 5.30. The Bertz CT molecular complexity index is 377. The fraction of sp³-hybridized carbons (Fsp3) is 0.417. The number of amides is 1. The van der Waals surface area contributed by atoms with E-state index >= 15 is 0 Å². The topological polar surface area (TPSA) is 55.1 Å². The fourth-order valence-electron chi connectivity index (χ4n) is 1.46. The first-order chi connectivity index (χ1) is 7.49. The zero-order valence-electron chi connectivity index (χ0n) is 9.59. The second-order valence-corrected chi connectivity index (χ2v) is 4.00. The minimum absolute atomic E-state index is 0.0634. The minimum atomic E-state index is -0.297. The molecule has 1 aromatic rings. The summed E-state index contributed by atoms with van der Waals surface area (Å²) in [6, 6.07) is 4.41. The molecule has 4 heteroatoms. The Labute approximate surface area is 94.8 Å². The maximum atomic E-state index is 13.1. The maximum Gasteiger partial charge on any atom is 0.221 e. The van der Waals surface area contributed by atoms with Gasteiger partial charge in [-0.3, -0.25) is 4.79 Å². The van der Waals surface area contributed by atoms with Crippen LogP contribution in [0.1, 0.15) is 25.8 Å². The van der Waals surface area contributed by atoms with Crippen LogP contribution < -0.4 is 11.1 Å². The normalized spacial score (nSPS) is 12.2. The van der Waals surface area contributed by atoms with Crippen molar-refractivity contribution in [1.82, 2.24) is 0 Å². The molecule has 1 aromatic carbocycles. The first-order valence-electron chi connectivity index (χ1n) is 5.30. The number of aryl methyl sites for hydroxylation is 1. The highest BCUT2D eigenvalue weighted by atomic mass is 19.1. The van der Waals surface area contributed by atoms with Gasteiger partial charge in [-0.2, -0.15) is 0 Å². The summed E-state index contributed by atoms with van der Waals surface area (Å²) < 4.78 is 13.1. The third kappa shape index (κ3) is 3.98. The Morgan fingerprint density at radius 2 is 2.25 bits per heavy atom. The van der Waals surface area contributed by atoms with Crippen molar-refractivity contribution in [3.63, 3.8) is 0 Å². The van der Waals surface area contributed by atoms with Crippen LogP contribution in [0.3, 0.4) is 0 Å². The van der Waals surface area contributed by atoms with E-state index < -0.39 is 0 Å². The van der Waals surface area contributed by atoms with Gasteiger partial charge in [0.2, 0.25) is 5.91 Å². The van der Waals surface area contributed by atoms with Crippen LogP contribution in [0.5, 0.6) is 0 Å². The van der Waals surface area contributed by atoms with E-state index in [1.807, 2.05) is 6.92 Å². The van der Waals surface area contributed by atoms with Crippen LogP contribution in [0.2, 0.25) is 0 Å². The molecule has 88 valence electrons. The lowest BCUT2D eigenvalue weighted by Gasteiger charge is -2.11. The van der Waals surface area contributed by atoms with Crippen molar-refractivity contribution < 1.29 is 9.18 Å². The Kier molecular flexibility index (Phi) is 4.43. The van der Waals surface area contributed by atoms with E-state index in [0.717, 1.165) is 12.0 Å².